The van der Waals surface area contributed by atoms with Crippen molar-refractivity contribution >= 4 is 44.3 Å². The molecule has 0 unspecified atom stereocenters. The molecule has 1 amide bonds. The van der Waals surface area contributed by atoms with Gasteiger partial charge >= 0.3 is 0 Å². The second-order valence-electron chi connectivity index (χ2n) is 7.04. The van der Waals surface area contributed by atoms with Crippen LogP contribution in [0.5, 0.6) is 11.5 Å². The van der Waals surface area contributed by atoms with E-state index >= 15 is 0 Å². The highest BCUT2D eigenvalue weighted by atomic mass is 79.9. The molecule has 6 nitrogen and oxygen atoms in total. The van der Waals surface area contributed by atoms with Gasteiger partial charge in [-0.15, -0.1) is 0 Å². The molecule has 0 fully saturated rings. The number of para-hydroxylation sites is 3. The largest absolute Gasteiger partial charge is 0.493 e. The molecule has 1 heterocycles. The van der Waals surface area contributed by atoms with Gasteiger partial charge in [-0.3, -0.25) is 9.59 Å². The Kier molecular flexibility index (Phi) is 6.28. The lowest BCUT2D eigenvalue weighted by atomic mass is 10.1. The topological polar surface area (TPSA) is 77.8 Å². The van der Waals surface area contributed by atoms with Crippen molar-refractivity contribution in [3.63, 3.8) is 0 Å². The number of furan rings is 1. The first-order valence-electron chi connectivity index (χ1n) is 9.90. The fourth-order valence-corrected chi connectivity index (χ4v) is 3.51. The van der Waals surface area contributed by atoms with Crippen molar-refractivity contribution in [1.82, 2.24) is 0 Å². The zero-order valence-corrected chi connectivity index (χ0v) is 19.0. The van der Waals surface area contributed by atoms with Crippen molar-refractivity contribution in [3.8, 4) is 11.5 Å². The molecule has 4 rings (SSSR count). The number of carbonyl (C=O) groups is 2. The van der Waals surface area contributed by atoms with Crippen LogP contribution in [0.3, 0.4) is 0 Å². The summed E-state index contributed by atoms with van der Waals surface area (Å²) in [5, 5.41) is 3.45. The summed E-state index contributed by atoms with van der Waals surface area (Å²) in [5.41, 5.74) is 1.26. The van der Waals surface area contributed by atoms with E-state index in [0.717, 1.165) is 4.47 Å². The molecule has 1 N–H and O–H groups in total. The van der Waals surface area contributed by atoms with Crippen LogP contribution in [0.2, 0.25) is 0 Å². The first-order chi connectivity index (χ1) is 15.5. The van der Waals surface area contributed by atoms with Crippen LogP contribution >= 0.6 is 15.9 Å². The summed E-state index contributed by atoms with van der Waals surface area (Å²) in [5.74, 6) is 0.272. The molecule has 0 bridgehead atoms. The molecule has 7 heteroatoms. The lowest BCUT2D eigenvalue weighted by Gasteiger charge is -2.16. The van der Waals surface area contributed by atoms with Gasteiger partial charge in [0.15, 0.2) is 23.4 Å². The molecule has 0 aliphatic rings. The third-order valence-electron chi connectivity index (χ3n) is 4.90. The van der Waals surface area contributed by atoms with E-state index in [0.29, 0.717) is 33.7 Å². The van der Waals surface area contributed by atoms with Crippen molar-refractivity contribution in [2.24, 2.45) is 0 Å². The van der Waals surface area contributed by atoms with Gasteiger partial charge in [0.1, 0.15) is 5.58 Å². The lowest BCUT2D eigenvalue weighted by molar-refractivity contribution is -0.122. The van der Waals surface area contributed by atoms with Crippen LogP contribution in [0.25, 0.3) is 11.0 Å². The summed E-state index contributed by atoms with van der Waals surface area (Å²) in [6.45, 7) is 1.63. The fraction of sp³-hybridized carbons (Fsp3) is 0.120. The van der Waals surface area contributed by atoms with Crippen molar-refractivity contribution < 1.29 is 23.5 Å². The van der Waals surface area contributed by atoms with Gasteiger partial charge < -0.3 is 19.2 Å². The summed E-state index contributed by atoms with van der Waals surface area (Å²) in [6, 6.07) is 21.2. The minimum Gasteiger partial charge on any atom is -0.493 e. The molecule has 1 atom stereocenters. The zero-order valence-electron chi connectivity index (χ0n) is 17.4. The molecule has 32 heavy (non-hydrogen) atoms. The standard InChI is InChI=1S/C25H20BrNO5/c1-15(31-21-10-6-5-9-20(21)30-2)25(29)27-22-18-7-3-4-8-19(18)32-24(22)23(28)16-11-13-17(26)14-12-16/h3-15H,1-2H3,(H,27,29)/t15-/m1/s1. The number of amides is 1. The number of hydrogen-bond acceptors (Lipinski definition) is 5. The predicted molar refractivity (Wildman–Crippen MR) is 126 cm³/mol. The van der Waals surface area contributed by atoms with Crippen molar-refractivity contribution in [3.05, 3.63) is 88.6 Å². The number of rotatable bonds is 7. The van der Waals surface area contributed by atoms with E-state index in [2.05, 4.69) is 21.2 Å². The molecule has 0 saturated carbocycles. The molecule has 162 valence electrons. The summed E-state index contributed by atoms with van der Waals surface area (Å²) >= 11 is 3.36. The highest BCUT2D eigenvalue weighted by Crippen LogP contribution is 2.33. The number of carbonyl (C=O) groups excluding carboxylic acids is 2. The van der Waals surface area contributed by atoms with E-state index in [1.165, 1.54) is 7.11 Å². The van der Waals surface area contributed by atoms with Gasteiger partial charge in [0.25, 0.3) is 5.91 Å². The minimum absolute atomic E-state index is 0.0614. The number of benzene rings is 3. The first-order valence-corrected chi connectivity index (χ1v) is 10.7. The zero-order chi connectivity index (χ0) is 22.7. The van der Waals surface area contributed by atoms with Crippen LogP contribution < -0.4 is 14.8 Å². The Morgan fingerprint density at radius 1 is 0.938 bits per heavy atom. The fourth-order valence-electron chi connectivity index (χ4n) is 3.25. The number of ether oxygens (including phenoxy) is 2. The average molecular weight is 494 g/mol. The van der Waals surface area contributed by atoms with Crippen LogP contribution in [0, 0.1) is 0 Å². The Labute approximate surface area is 193 Å². The Hall–Kier alpha value is -3.58. The Morgan fingerprint density at radius 3 is 2.31 bits per heavy atom. The SMILES string of the molecule is COc1ccccc1O[C@H](C)C(=O)Nc1c(C(=O)c2ccc(Br)cc2)oc2ccccc12. The second-order valence-corrected chi connectivity index (χ2v) is 7.95. The van der Waals surface area contributed by atoms with Gasteiger partial charge in [-0.1, -0.05) is 40.2 Å². The van der Waals surface area contributed by atoms with Crippen molar-refractivity contribution in [2.45, 2.75) is 13.0 Å². The summed E-state index contributed by atoms with van der Waals surface area (Å²) in [6.07, 6.45) is -0.851. The molecule has 4 aromatic rings. The normalized spacial score (nSPS) is 11.7. The number of anilines is 1. The van der Waals surface area contributed by atoms with E-state index in [-0.39, 0.29) is 11.5 Å². The molecule has 0 aliphatic heterocycles. The molecular formula is C25H20BrNO5. The summed E-state index contributed by atoms with van der Waals surface area (Å²) in [7, 11) is 1.53. The average Bonchev–Trinajstić information content (AvgIpc) is 3.17. The minimum atomic E-state index is -0.851. The Morgan fingerprint density at radius 2 is 1.59 bits per heavy atom. The monoisotopic (exact) mass is 493 g/mol. The van der Waals surface area contributed by atoms with Gasteiger partial charge in [-0.25, -0.2) is 0 Å². The number of ketones is 1. The maximum Gasteiger partial charge on any atom is 0.265 e. The number of nitrogens with one attached hydrogen (secondary N) is 1. The van der Waals surface area contributed by atoms with Crippen LogP contribution in [0.4, 0.5) is 5.69 Å². The molecule has 0 spiro atoms. The van der Waals surface area contributed by atoms with Gasteiger partial charge in [-0.05, 0) is 55.5 Å². The molecular weight excluding hydrogens is 474 g/mol. The molecule has 0 radical (unpaired) electrons. The van der Waals surface area contributed by atoms with E-state index in [9.17, 15) is 9.59 Å². The number of halogens is 1. The van der Waals surface area contributed by atoms with Crippen LogP contribution in [0.15, 0.2) is 81.7 Å². The van der Waals surface area contributed by atoms with Gasteiger partial charge in [0.2, 0.25) is 5.78 Å². The highest BCUT2D eigenvalue weighted by molar-refractivity contribution is 9.10. The molecule has 3 aromatic carbocycles. The van der Waals surface area contributed by atoms with Crippen LogP contribution in [-0.4, -0.2) is 24.9 Å². The molecule has 0 saturated heterocycles. The number of fused-ring (bicyclic) bond motifs is 1. The van der Waals surface area contributed by atoms with Gasteiger partial charge in [0, 0.05) is 15.4 Å². The smallest absolute Gasteiger partial charge is 0.265 e. The predicted octanol–water partition coefficient (Wildman–Crippen LogP) is 5.84. The quantitative estimate of drug-likeness (QED) is 0.327. The summed E-state index contributed by atoms with van der Waals surface area (Å²) < 4.78 is 17.8. The third-order valence-corrected chi connectivity index (χ3v) is 5.43. The molecule has 0 aliphatic carbocycles. The first kappa shape index (κ1) is 21.6. The van der Waals surface area contributed by atoms with E-state index in [4.69, 9.17) is 13.9 Å². The maximum absolute atomic E-state index is 13.2. The lowest BCUT2D eigenvalue weighted by Crippen LogP contribution is -2.30. The van der Waals surface area contributed by atoms with Crippen LogP contribution in [-0.2, 0) is 4.79 Å². The van der Waals surface area contributed by atoms with Gasteiger partial charge in [-0.2, -0.15) is 0 Å². The van der Waals surface area contributed by atoms with Gasteiger partial charge in [0.05, 0.1) is 12.8 Å². The van der Waals surface area contributed by atoms with E-state index in [1.807, 2.05) is 12.1 Å². The van der Waals surface area contributed by atoms with E-state index in [1.54, 1.807) is 67.6 Å². The summed E-state index contributed by atoms with van der Waals surface area (Å²) in [4.78, 5) is 26.1. The Bertz CT molecular complexity index is 1280. The number of methoxy groups -OCH3 is 1. The highest BCUT2D eigenvalue weighted by Gasteiger charge is 2.26. The van der Waals surface area contributed by atoms with Crippen molar-refractivity contribution in [2.75, 3.05) is 12.4 Å². The van der Waals surface area contributed by atoms with Crippen LogP contribution in [0.1, 0.15) is 23.0 Å². The van der Waals surface area contributed by atoms with Crippen molar-refractivity contribution in [1.29, 1.82) is 0 Å². The maximum atomic E-state index is 13.2. The third kappa shape index (κ3) is 4.38. The molecule has 1 aromatic heterocycles. The second kappa shape index (κ2) is 9.28. The van der Waals surface area contributed by atoms with E-state index < -0.39 is 12.0 Å². The Balaban J connectivity index is 1.64. The number of hydrogen-bond donors (Lipinski definition) is 1.